The molecule has 34 heavy (non-hydrogen) atoms. The molecule has 0 aliphatic carbocycles. The number of nitrogens with zero attached hydrogens (tertiary/aromatic N) is 3. The van der Waals surface area contributed by atoms with Gasteiger partial charge in [0.25, 0.3) is 11.5 Å². The smallest absolute Gasteiger partial charge is 0.259 e. The van der Waals surface area contributed by atoms with Crippen LogP contribution in [0.25, 0.3) is 22.3 Å². The molecule has 1 N–H and O–H groups in total. The van der Waals surface area contributed by atoms with E-state index in [2.05, 4.69) is 9.97 Å². The summed E-state index contributed by atoms with van der Waals surface area (Å²) >= 11 is 0. The summed E-state index contributed by atoms with van der Waals surface area (Å²) in [7, 11) is -3.57. The van der Waals surface area contributed by atoms with Gasteiger partial charge in [-0.15, -0.1) is 0 Å². The van der Waals surface area contributed by atoms with E-state index in [1.54, 1.807) is 77.7 Å². The summed E-state index contributed by atoms with van der Waals surface area (Å²) in [4.78, 5) is 34.5. The Kier molecular flexibility index (Phi) is 5.72. The van der Waals surface area contributed by atoms with Gasteiger partial charge in [-0.2, -0.15) is 4.31 Å². The van der Waals surface area contributed by atoms with Crippen LogP contribution in [0.15, 0.2) is 88.6 Å². The lowest BCUT2D eigenvalue weighted by atomic mass is 10.1. The van der Waals surface area contributed by atoms with Crippen LogP contribution in [0.5, 0.6) is 0 Å². The molecule has 0 unspecified atom stereocenters. The number of aromatic amines is 1. The zero-order valence-corrected chi connectivity index (χ0v) is 19.0. The highest BCUT2D eigenvalue weighted by molar-refractivity contribution is 7.89. The van der Waals surface area contributed by atoms with E-state index in [4.69, 9.17) is 0 Å². The minimum atomic E-state index is -3.57. The van der Waals surface area contributed by atoms with Gasteiger partial charge >= 0.3 is 0 Å². The predicted octanol–water partition coefficient (Wildman–Crippen LogP) is 2.74. The molecular formula is C25H22N4O4S. The van der Waals surface area contributed by atoms with Gasteiger partial charge in [0, 0.05) is 37.3 Å². The highest BCUT2D eigenvalue weighted by Gasteiger charge is 2.30. The van der Waals surface area contributed by atoms with E-state index >= 15 is 0 Å². The van der Waals surface area contributed by atoms with E-state index in [1.165, 1.54) is 4.31 Å². The molecule has 9 heteroatoms. The van der Waals surface area contributed by atoms with Crippen LogP contribution in [0.4, 0.5) is 0 Å². The number of piperazine rings is 1. The molecule has 4 aromatic rings. The number of fused-ring (bicyclic) bond motifs is 1. The van der Waals surface area contributed by atoms with Gasteiger partial charge in [-0.05, 0) is 36.4 Å². The number of hydrogen-bond acceptors (Lipinski definition) is 5. The molecule has 0 saturated carbocycles. The molecule has 0 atom stereocenters. The summed E-state index contributed by atoms with van der Waals surface area (Å²) in [6, 6.07) is 22.3. The van der Waals surface area contributed by atoms with Gasteiger partial charge < -0.3 is 9.88 Å². The van der Waals surface area contributed by atoms with Crippen LogP contribution >= 0.6 is 0 Å². The number of amides is 1. The molecule has 1 amide bonds. The van der Waals surface area contributed by atoms with Crippen molar-refractivity contribution in [1.82, 2.24) is 19.2 Å². The van der Waals surface area contributed by atoms with Gasteiger partial charge in [-0.1, -0.05) is 42.5 Å². The summed E-state index contributed by atoms with van der Waals surface area (Å²) in [6.07, 6.45) is 0. The van der Waals surface area contributed by atoms with E-state index in [-0.39, 0.29) is 29.5 Å². The van der Waals surface area contributed by atoms with E-state index in [0.717, 1.165) is 0 Å². The Morgan fingerprint density at radius 1 is 0.824 bits per heavy atom. The van der Waals surface area contributed by atoms with Crippen LogP contribution in [0.3, 0.4) is 0 Å². The van der Waals surface area contributed by atoms with Crippen molar-refractivity contribution in [1.29, 1.82) is 0 Å². The second-order valence-electron chi connectivity index (χ2n) is 8.02. The van der Waals surface area contributed by atoms with Gasteiger partial charge in [-0.3, -0.25) is 9.59 Å². The molecule has 5 rings (SSSR count). The first-order chi connectivity index (χ1) is 16.4. The van der Waals surface area contributed by atoms with E-state index in [1.807, 2.05) is 6.07 Å². The number of para-hydroxylation sites is 1. The average Bonchev–Trinajstić information content (AvgIpc) is 2.89. The van der Waals surface area contributed by atoms with Crippen LogP contribution in [0, 0.1) is 0 Å². The van der Waals surface area contributed by atoms with Crippen molar-refractivity contribution in [3.63, 3.8) is 0 Å². The number of carbonyl (C=O) groups is 1. The van der Waals surface area contributed by atoms with E-state index < -0.39 is 10.0 Å². The Bertz CT molecular complexity index is 1510. The van der Waals surface area contributed by atoms with Gasteiger partial charge in [0.2, 0.25) is 10.0 Å². The van der Waals surface area contributed by atoms with Crippen molar-refractivity contribution in [2.75, 3.05) is 26.2 Å². The second-order valence-corrected chi connectivity index (χ2v) is 9.96. The predicted molar refractivity (Wildman–Crippen MR) is 129 cm³/mol. The summed E-state index contributed by atoms with van der Waals surface area (Å²) in [5, 5.41) is 0.520. The first kappa shape index (κ1) is 22.0. The van der Waals surface area contributed by atoms with E-state index in [9.17, 15) is 18.0 Å². The minimum absolute atomic E-state index is 0.164. The fourth-order valence-corrected chi connectivity index (χ4v) is 5.49. The van der Waals surface area contributed by atoms with Crippen molar-refractivity contribution in [2.24, 2.45) is 0 Å². The molecule has 1 saturated heterocycles. The Morgan fingerprint density at radius 3 is 2.18 bits per heavy atom. The van der Waals surface area contributed by atoms with Crippen molar-refractivity contribution in [3.05, 3.63) is 94.8 Å². The molecule has 1 fully saturated rings. The molecule has 172 valence electrons. The minimum Gasteiger partial charge on any atom is -0.336 e. The van der Waals surface area contributed by atoms with Crippen LogP contribution in [0.1, 0.15) is 10.4 Å². The Labute approximate surface area is 196 Å². The Hall–Kier alpha value is -3.82. The molecule has 1 aliphatic rings. The zero-order valence-electron chi connectivity index (χ0n) is 18.2. The molecule has 0 spiro atoms. The number of H-pyrrole nitrogens is 1. The number of nitrogens with one attached hydrogen (secondary N) is 1. The van der Waals surface area contributed by atoms with Crippen LogP contribution in [0.2, 0.25) is 0 Å². The lowest BCUT2D eigenvalue weighted by Crippen LogP contribution is -2.50. The maximum Gasteiger partial charge on any atom is 0.259 e. The number of benzene rings is 3. The lowest BCUT2D eigenvalue weighted by Gasteiger charge is -2.34. The molecule has 0 radical (unpaired) electrons. The number of carbonyl (C=O) groups excluding carboxylic acids is 1. The number of hydrogen-bond donors (Lipinski definition) is 1. The first-order valence-electron chi connectivity index (χ1n) is 10.9. The lowest BCUT2D eigenvalue weighted by molar-refractivity contribution is 0.0698. The fourth-order valence-electron chi connectivity index (χ4n) is 4.05. The summed E-state index contributed by atoms with van der Waals surface area (Å²) in [5.41, 5.74) is 1.57. The van der Waals surface area contributed by atoms with Crippen LogP contribution < -0.4 is 5.56 Å². The quantitative estimate of drug-likeness (QED) is 0.490. The number of rotatable bonds is 4. The molecular weight excluding hydrogens is 452 g/mol. The first-order valence-corrected chi connectivity index (χ1v) is 12.3. The summed E-state index contributed by atoms with van der Waals surface area (Å²) in [5.74, 6) is 0.269. The van der Waals surface area contributed by atoms with Crippen molar-refractivity contribution >= 4 is 26.8 Å². The fraction of sp³-hybridized carbons (Fsp3) is 0.160. The normalized spacial score (nSPS) is 14.9. The Balaban J connectivity index is 1.29. The molecule has 0 bridgehead atoms. The number of sulfonamides is 1. The maximum atomic E-state index is 13.0. The van der Waals surface area contributed by atoms with Gasteiger partial charge in [0.15, 0.2) is 0 Å². The third-order valence-electron chi connectivity index (χ3n) is 5.92. The second kappa shape index (κ2) is 8.85. The monoisotopic (exact) mass is 474 g/mol. The summed E-state index contributed by atoms with van der Waals surface area (Å²) < 4.78 is 27.0. The standard InChI is InChI=1S/C25H22N4O4S/c30-24-21-8-4-5-9-22(21)26-23(27-24)18-10-12-19(13-11-18)25(31)28-14-16-29(17-15-28)34(32,33)20-6-2-1-3-7-20/h1-13H,14-17H2,(H,26,27,30). The largest absolute Gasteiger partial charge is 0.336 e. The van der Waals surface area contributed by atoms with E-state index in [0.29, 0.717) is 40.9 Å². The molecule has 3 aromatic carbocycles. The van der Waals surface area contributed by atoms with Gasteiger partial charge in [-0.25, -0.2) is 13.4 Å². The maximum absolute atomic E-state index is 13.0. The molecule has 8 nitrogen and oxygen atoms in total. The zero-order chi connectivity index (χ0) is 23.7. The van der Waals surface area contributed by atoms with Crippen molar-refractivity contribution < 1.29 is 13.2 Å². The third-order valence-corrected chi connectivity index (χ3v) is 7.84. The molecule has 2 heterocycles. The summed E-state index contributed by atoms with van der Waals surface area (Å²) in [6.45, 7) is 1.10. The van der Waals surface area contributed by atoms with Gasteiger partial charge in [0.1, 0.15) is 5.82 Å². The topological polar surface area (TPSA) is 103 Å². The number of aromatic nitrogens is 2. The molecule has 1 aliphatic heterocycles. The highest BCUT2D eigenvalue weighted by Crippen LogP contribution is 2.20. The van der Waals surface area contributed by atoms with Crippen molar-refractivity contribution in [3.8, 4) is 11.4 Å². The highest BCUT2D eigenvalue weighted by atomic mass is 32.2. The SMILES string of the molecule is O=C(c1ccc(-c2nc3ccccc3c(=O)[nH]2)cc1)N1CCN(S(=O)(=O)c2ccccc2)CC1. The third kappa shape index (κ3) is 4.11. The van der Waals surface area contributed by atoms with Crippen molar-refractivity contribution in [2.45, 2.75) is 4.90 Å². The Morgan fingerprint density at radius 2 is 1.47 bits per heavy atom. The average molecular weight is 475 g/mol. The molecule has 1 aromatic heterocycles. The van der Waals surface area contributed by atoms with Crippen LogP contribution in [-0.2, 0) is 10.0 Å². The van der Waals surface area contributed by atoms with Gasteiger partial charge in [0.05, 0.1) is 15.8 Å². The van der Waals surface area contributed by atoms with Crippen LogP contribution in [-0.4, -0.2) is 59.7 Å².